The Hall–Kier alpha value is -4.30. The molecule has 2 heteroatoms. The summed E-state index contributed by atoms with van der Waals surface area (Å²) in [6.45, 7) is 0. The van der Waals surface area contributed by atoms with Crippen molar-refractivity contribution in [2.45, 2.75) is 114 Å². The molecule has 0 spiro atoms. The quantitative estimate of drug-likeness (QED) is 0.178. The Kier molecular flexibility index (Phi) is 7.81. The Balaban J connectivity index is 1.10. The lowest BCUT2D eigenvalue weighted by molar-refractivity contribution is 0.359. The van der Waals surface area contributed by atoms with E-state index in [2.05, 4.69) is 112 Å². The standard InChI is InChI=1S/C48H50N2/c1-4-13-33(14-5-1)35-17-12-20-40(29-35)50-47-26-23-36(34-15-6-2-7-16-34)30-43(47)44-32-38(25-28-48(44)50)37-24-27-46-42(31-37)41-21-10-11-22-45(41)49(46)39-18-8-3-9-19-39/h2,6-7,11,13,15,17,22-28,30-32,34,39-40H,1,3-5,8-10,12,14,16,18-21,29H2. The van der Waals surface area contributed by atoms with Crippen LogP contribution < -0.4 is 0 Å². The minimum Gasteiger partial charge on any atom is -0.338 e. The highest BCUT2D eigenvalue weighted by atomic mass is 15.0. The topological polar surface area (TPSA) is 9.86 Å². The predicted molar refractivity (Wildman–Crippen MR) is 213 cm³/mol. The fourth-order valence-corrected chi connectivity index (χ4v) is 10.4. The maximum atomic E-state index is 2.74. The van der Waals surface area contributed by atoms with E-state index in [1.54, 1.807) is 16.7 Å². The molecule has 1 saturated carbocycles. The van der Waals surface area contributed by atoms with Gasteiger partial charge in [-0.25, -0.2) is 0 Å². The molecule has 0 amide bonds. The summed E-state index contributed by atoms with van der Waals surface area (Å²) in [4.78, 5) is 0. The third-order valence-corrected chi connectivity index (χ3v) is 12.9. The van der Waals surface area contributed by atoms with Gasteiger partial charge in [-0.05, 0) is 153 Å². The lowest BCUT2D eigenvalue weighted by Gasteiger charge is -2.28. The Bertz CT molecular complexity index is 2270. The molecule has 10 rings (SSSR count). The van der Waals surface area contributed by atoms with Crippen molar-refractivity contribution >= 4 is 38.8 Å². The largest absolute Gasteiger partial charge is 0.338 e. The van der Waals surface area contributed by atoms with Gasteiger partial charge >= 0.3 is 0 Å². The molecule has 5 aliphatic carbocycles. The molecule has 252 valence electrons. The summed E-state index contributed by atoms with van der Waals surface area (Å²) >= 11 is 0. The van der Waals surface area contributed by atoms with Gasteiger partial charge in [0.05, 0.1) is 0 Å². The van der Waals surface area contributed by atoms with E-state index >= 15 is 0 Å². The van der Waals surface area contributed by atoms with Gasteiger partial charge in [0.1, 0.15) is 0 Å². The van der Waals surface area contributed by atoms with Gasteiger partial charge in [0.25, 0.3) is 0 Å². The monoisotopic (exact) mass is 654 g/mol. The molecule has 2 nitrogen and oxygen atoms in total. The lowest BCUT2D eigenvalue weighted by Crippen LogP contribution is -2.14. The summed E-state index contributed by atoms with van der Waals surface area (Å²) < 4.78 is 5.47. The van der Waals surface area contributed by atoms with Gasteiger partial charge in [-0.1, -0.05) is 80.0 Å². The van der Waals surface area contributed by atoms with Gasteiger partial charge in [-0.3, -0.25) is 0 Å². The summed E-state index contributed by atoms with van der Waals surface area (Å²) in [6, 6.07) is 23.3. The van der Waals surface area contributed by atoms with Gasteiger partial charge < -0.3 is 9.13 Å². The van der Waals surface area contributed by atoms with Crippen LogP contribution in [0.1, 0.15) is 125 Å². The predicted octanol–water partition coefficient (Wildman–Crippen LogP) is 13.6. The van der Waals surface area contributed by atoms with Crippen molar-refractivity contribution < 1.29 is 0 Å². The molecule has 3 aromatic carbocycles. The third-order valence-electron chi connectivity index (χ3n) is 12.9. The molecule has 0 N–H and O–H groups in total. The molecular weight excluding hydrogens is 605 g/mol. The normalized spacial score (nSPS) is 22.7. The Labute approximate surface area is 297 Å². The molecule has 2 unspecified atom stereocenters. The second kappa shape index (κ2) is 12.8. The van der Waals surface area contributed by atoms with E-state index in [0.717, 1.165) is 25.7 Å². The number of aryl methyl sites for hydroxylation is 1. The molecule has 1 fully saturated rings. The third kappa shape index (κ3) is 5.21. The fourth-order valence-electron chi connectivity index (χ4n) is 10.4. The summed E-state index contributed by atoms with van der Waals surface area (Å²) in [5, 5.41) is 4.31. The van der Waals surface area contributed by atoms with Crippen LogP contribution in [0.15, 0.2) is 108 Å². The molecular formula is C48H50N2. The van der Waals surface area contributed by atoms with Crippen LogP contribution in [-0.2, 0) is 6.42 Å². The first-order valence-electron chi connectivity index (χ1n) is 19.9. The lowest BCUT2D eigenvalue weighted by atomic mass is 9.85. The van der Waals surface area contributed by atoms with E-state index in [4.69, 9.17) is 0 Å². The Morgan fingerprint density at radius 1 is 0.560 bits per heavy atom. The maximum absolute atomic E-state index is 2.74. The molecule has 0 aliphatic heterocycles. The van der Waals surface area contributed by atoms with Gasteiger partial charge in [0, 0.05) is 56.4 Å². The zero-order valence-electron chi connectivity index (χ0n) is 29.5. The van der Waals surface area contributed by atoms with Crippen LogP contribution in [0.2, 0.25) is 0 Å². The second-order valence-electron chi connectivity index (χ2n) is 15.9. The summed E-state index contributed by atoms with van der Waals surface area (Å²) in [5.41, 5.74) is 14.7. The highest BCUT2D eigenvalue weighted by molar-refractivity contribution is 6.10. The minimum absolute atomic E-state index is 0.448. The molecule has 2 aromatic heterocycles. The average molecular weight is 655 g/mol. The zero-order chi connectivity index (χ0) is 33.0. The number of aromatic nitrogens is 2. The van der Waals surface area contributed by atoms with Crippen LogP contribution in [0, 0.1) is 0 Å². The van der Waals surface area contributed by atoms with E-state index in [1.165, 1.54) is 126 Å². The first kappa shape index (κ1) is 30.5. The second-order valence-corrected chi connectivity index (χ2v) is 15.9. The van der Waals surface area contributed by atoms with Crippen molar-refractivity contribution in [2.24, 2.45) is 0 Å². The molecule has 2 atom stereocenters. The van der Waals surface area contributed by atoms with Crippen LogP contribution in [-0.4, -0.2) is 9.13 Å². The van der Waals surface area contributed by atoms with Crippen molar-refractivity contribution in [3.8, 4) is 11.1 Å². The number of rotatable bonds is 5. The maximum Gasteiger partial charge on any atom is 0.0494 e. The fraction of sp³-hybridized carbons (Fsp3) is 0.375. The van der Waals surface area contributed by atoms with Crippen LogP contribution in [0.4, 0.5) is 0 Å². The zero-order valence-corrected chi connectivity index (χ0v) is 29.5. The summed E-state index contributed by atoms with van der Waals surface area (Å²) in [7, 11) is 0. The first-order chi connectivity index (χ1) is 24.8. The van der Waals surface area contributed by atoms with Gasteiger partial charge in [-0.15, -0.1) is 0 Å². The van der Waals surface area contributed by atoms with E-state index in [-0.39, 0.29) is 0 Å². The van der Waals surface area contributed by atoms with Crippen molar-refractivity contribution in [3.05, 3.63) is 125 Å². The molecule has 5 aliphatic rings. The van der Waals surface area contributed by atoms with E-state index < -0.39 is 0 Å². The number of hydrogen-bond donors (Lipinski definition) is 0. The molecule has 0 radical (unpaired) electrons. The smallest absolute Gasteiger partial charge is 0.0494 e. The number of fused-ring (bicyclic) bond motifs is 6. The van der Waals surface area contributed by atoms with Gasteiger partial charge in [-0.2, -0.15) is 0 Å². The highest BCUT2D eigenvalue weighted by Crippen LogP contribution is 2.44. The molecule has 5 aromatic rings. The van der Waals surface area contributed by atoms with Crippen LogP contribution in [0.3, 0.4) is 0 Å². The summed E-state index contributed by atoms with van der Waals surface area (Å²) in [6.07, 6.45) is 37.9. The molecule has 50 heavy (non-hydrogen) atoms. The first-order valence-corrected chi connectivity index (χ1v) is 19.9. The van der Waals surface area contributed by atoms with E-state index in [0.29, 0.717) is 18.0 Å². The number of allylic oxidation sites excluding steroid dienone is 9. The summed E-state index contributed by atoms with van der Waals surface area (Å²) in [5.74, 6) is 0.448. The molecule has 0 saturated heterocycles. The number of benzene rings is 3. The van der Waals surface area contributed by atoms with E-state index in [1.807, 2.05) is 0 Å². The van der Waals surface area contributed by atoms with E-state index in [9.17, 15) is 0 Å². The van der Waals surface area contributed by atoms with Crippen molar-refractivity contribution in [2.75, 3.05) is 0 Å². The van der Waals surface area contributed by atoms with Crippen LogP contribution >= 0.6 is 0 Å². The van der Waals surface area contributed by atoms with Crippen molar-refractivity contribution in [1.82, 2.24) is 9.13 Å². The highest BCUT2D eigenvalue weighted by Gasteiger charge is 2.27. The van der Waals surface area contributed by atoms with Crippen LogP contribution in [0.25, 0.3) is 49.9 Å². The van der Waals surface area contributed by atoms with Crippen LogP contribution in [0.5, 0.6) is 0 Å². The van der Waals surface area contributed by atoms with Crippen molar-refractivity contribution in [1.29, 1.82) is 0 Å². The number of hydrogen-bond acceptors (Lipinski definition) is 0. The van der Waals surface area contributed by atoms with Crippen molar-refractivity contribution in [3.63, 3.8) is 0 Å². The van der Waals surface area contributed by atoms with Gasteiger partial charge in [0.2, 0.25) is 0 Å². The average Bonchev–Trinajstić information content (AvgIpc) is 3.71. The minimum atomic E-state index is 0.448. The van der Waals surface area contributed by atoms with Gasteiger partial charge in [0.15, 0.2) is 0 Å². The molecule has 2 heterocycles. The SMILES string of the molecule is C1=CCC(c2ccc3c(c2)c2cc(-c4ccc5c(c4)c4c(n5C5CCCCC5)C=CCC4)ccc2n3C2CCC=C(C3=CCCCC3)C2)C=C1. The molecule has 0 bridgehead atoms. The number of nitrogens with zero attached hydrogens (tertiary/aromatic N) is 2. The Morgan fingerprint density at radius 2 is 1.34 bits per heavy atom. The Morgan fingerprint density at radius 3 is 2.14 bits per heavy atom.